The molecule has 2 aromatic carbocycles. The van der Waals surface area contributed by atoms with Gasteiger partial charge in [-0.05, 0) is 61.9 Å². The number of thiazole rings is 1. The SMILES string of the molecule is Cc1ccc(OCc2ccc(CN3CCN(C(=O)C4CCOC4)CC3)cc2C)c(-c2csc(N3CCC(C(=O)O)CC3)n2)c1. The lowest BCUT2D eigenvalue weighted by Gasteiger charge is -2.35. The number of aliphatic carboxylic acids is 1. The number of carbonyl (C=O) groups is 2. The molecule has 1 unspecified atom stereocenters. The highest BCUT2D eigenvalue weighted by atomic mass is 32.1. The predicted octanol–water partition coefficient (Wildman–Crippen LogP) is 4.99. The second-order valence-corrected chi connectivity index (χ2v) is 13.2. The zero-order valence-corrected chi connectivity index (χ0v) is 26.5. The number of aryl methyl sites for hydroxylation is 2. The fraction of sp³-hybridized carbons (Fsp3) is 0.500. The van der Waals surface area contributed by atoms with Gasteiger partial charge >= 0.3 is 5.97 Å². The minimum Gasteiger partial charge on any atom is -0.488 e. The van der Waals surface area contributed by atoms with Crippen molar-refractivity contribution in [1.82, 2.24) is 14.8 Å². The summed E-state index contributed by atoms with van der Waals surface area (Å²) in [5.74, 6) is 0.145. The molecule has 1 atom stereocenters. The van der Waals surface area contributed by atoms with Crippen LogP contribution in [0.4, 0.5) is 5.13 Å². The second-order valence-electron chi connectivity index (χ2n) is 12.3. The molecule has 1 amide bonds. The van der Waals surface area contributed by atoms with E-state index in [0.29, 0.717) is 45.8 Å². The summed E-state index contributed by atoms with van der Waals surface area (Å²) in [5.41, 5.74) is 6.62. The topological polar surface area (TPSA) is 95.4 Å². The van der Waals surface area contributed by atoms with E-state index < -0.39 is 5.97 Å². The van der Waals surface area contributed by atoms with Crippen LogP contribution in [0.25, 0.3) is 11.3 Å². The Balaban J connectivity index is 1.05. The first-order chi connectivity index (χ1) is 21.3. The summed E-state index contributed by atoms with van der Waals surface area (Å²) >= 11 is 1.60. The van der Waals surface area contributed by atoms with Gasteiger partial charge < -0.3 is 24.4 Å². The van der Waals surface area contributed by atoms with Gasteiger partial charge in [0, 0.05) is 63.4 Å². The number of piperidine rings is 1. The molecule has 3 aliphatic rings. The molecule has 3 aromatic rings. The molecule has 10 heteroatoms. The highest BCUT2D eigenvalue weighted by Crippen LogP contribution is 2.36. The fourth-order valence-electron chi connectivity index (χ4n) is 6.37. The second kappa shape index (κ2) is 13.7. The van der Waals surface area contributed by atoms with Gasteiger partial charge in [0.05, 0.1) is 24.1 Å². The number of benzene rings is 2. The van der Waals surface area contributed by atoms with Gasteiger partial charge in [0.2, 0.25) is 5.91 Å². The minimum atomic E-state index is -0.700. The fourth-order valence-corrected chi connectivity index (χ4v) is 7.25. The molecule has 1 N–H and O–H groups in total. The van der Waals surface area contributed by atoms with Gasteiger partial charge in [0.25, 0.3) is 0 Å². The average Bonchev–Trinajstić information content (AvgIpc) is 3.75. The molecule has 0 spiro atoms. The average molecular weight is 619 g/mol. The summed E-state index contributed by atoms with van der Waals surface area (Å²) in [4.78, 5) is 35.6. The molecule has 0 aliphatic carbocycles. The zero-order valence-electron chi connectivity index (χ0n) is 25.7. The largest absolute Gasteiger partial charge is 0.488 e. The summed E-state index contributed by atoms with van der Waals surface area (Å²) < 4.78 is 11.8. The van der Waals surface area contributed by atoms with Crippen LogP contribution in [0.5, 0.6) is 5.75 Å². The number of rotatable bonds is 9. The number of carboxylic acids is 1. The number of hydrogen-bond donors (Lipinski definition) is 1. The first-order valence-corrected chi connectivity index (χ1v) is 16.6. The highest BCUT2D eigenvalue weighted by Gasteiger charge is 2.30. The van der Waals surface area contributed by atoms with Crippen LogP contribution in [-0.4, -0.2) is 84.2 Å². The van der Waals surface area contributed by atoms with Gasteiger partial charge in [0.1, 0.15) is 12.4 Å². The highest BCUT2D eigenvalue weighted by molar-refractivity contribution is 7.14. The van der Waals surface area contributed by atoms with Crippen LogP contribution in [-0.2, 0) is 27.5 Å². The van der Waals surface area contributed by atoms with Gasteiger partial charge in [0.15, 0.2) is 5.13 Å². The minimum absolute atomic E-state index is 0.0452. The van der Waals surface area contributed by atoms with Gasteiger partial charge in [-0.25, -0.2) is 4.98 Å². The molecular formula is C34H42N4O5S. The Morgan fingerprint density at radius 2 is 1.80 bits per heavy atom. The standard InChI is InChI=1S/C34H42N4O5S/c1-23-3-6-31(29(17-23)30-22-44-34(35-30)38-10-7-26(8-11-38)33(40)41)43-21-27-5-4-25(18-24(27)2)19-36-12-14-37(15-13-36)32(39)28-9-16-42-20-28/h3-6,17-18,22,26,28H,7-16,19-21H2,1-2H3,(H,40,41). The molecule has 0 saturated carbocycles. The maximum absolute atomic E-state index is 12.7. The quantitative estimate of drug-likeness (QED) is 0.359. The van der Waals surface area contributed by atoms with E-state index in [1.54, 1.807) is 11.3 Å². The monoisotopic (exact) mass is 618 g/mol. The van der Waals surface area contributed by atoms with Crippen LogP contribution in [0.1, 0.15) is 41.5 Å². The first-order valence-electron chi connectivity index (χ1n) is 15.7. The Bertz CT molecular complexity index is 1470. The van der Waals surface area contributed by atoms with Crippen molar-refractivity contribution in [2.24, 2.45) is 11.8 Å². The Kier molecular flexibility index (Phi) is 9.49. The van der Waals surface area contributed by atoms with E-state index in [9.17, 15) is 14.7 Å². The predicted molar refractivity (Wildman–Crippen MR) is 171 cm³/mol. The lowest BCUT2D eigenvalue weighted by Crippen LogP contribution is -2.50. The van der Waals surface area contributed by atoms with E-state index in [2.05, 4.69) is 59.4 Å². The lowest BCUT2D eigenvalue weighted by molar-refractivity contribution is -0.142. The van der Waals surface area contributed by atoms with Crippen molar-refractivity contribution in [3.8, 4) is 17.0 Å². The maximum Gasteiger partial charge on any atom is 0.306 e. The van der Waals surface area contributed by atoms with Gasteiger partial charge in [-0.15, -0.1) is 11.3 Å². The number of nitrogens with zero attached hydrogens (tertiary/aromatic N) is 4. The Morgan fingerprint density at radius 3 is 2.50 bits per heavy atom. The molecule has 0 bridgehead atoms. The summed E-state index contributed by atoms with van der Waals surface area (Å²) in [6.45, 7) is 11.6. The number of anilines is 1. The van der Waals surface area contributed by atoms with E-state index in [-0.39, 0.29) is 17.7 Å². The van der Waals surface area contributed by atoms with Crippen molar-refractivity contribution in [2.75, 3.05) is 57.4 Å². The normalized spacial score (nSPS) is 19.8. The van der Waals surface area contributed by atoms with Crippen LogP contribution in [0, 0.1) is 25.7 Å². The summed E-state index contributed by atoms with van der Waals surface area (Å²) in [7, 11) is 0. The number of piperazine rings is 1. The summed E-state index contributed by atoms with van der Waals surface area (Å²) in [6.07, 6.45) is 2.15. The molecule has 3 aliphatic heterocycles. The molecule has 234 valence electrons. The van der Waals surface area contributed by atoms with E-state index in [4.69, 9.17) is 14.5 Å². The smallest absolute Gasteiger partial charge is 0.306 e. The molecule has 6 rings (SSSR count). The molecule has 3 saturated heterocycles. The third-order valence-corrected chi connectivity index (χ3v) is 10.1. The number of carbonyl (C=O) groups excluding carboxylic acids is 1. The van der Waals surface area contributed by atoms with Crippen LogP contribution in [0.2, 0.25) is 0 Å². The number of ether oxygens (including phenoxy) is 2. The van der Waals surface area contributed by atoms with Crippen molar-refractivity contribution in [3.05, 3.63) is 64.0 Å². The number of amides is 1. The Morgan fingerprint density at radius 1 is 1.00 bits per heavy atom. The van der Waals surface area contributed by atoms with E-state index in [1.165, 1.54) is 11.1 Å². The number of carboxylic acid groups (broad SMARTS) is 1. The van der Waals surface area contributed by atoms with E-state index in [0.717, 1.165) is 72.4 Å². The Hall–Kier alpha value is -3.47. The molecule has 0 radical (unpaired) electrons. The third kappa shape index (κ3) is 7.08. The number of hydrogen-bond acceptors (Lipinski definition) is 8. The molecule has 1 aromatic heterocycles. The summed E-state index contributed by atoms with van der Waals surface area (Å²) in [5, 5.41) is 12.3. The van der Waals surface area contributed by atoms with Crippen molar-refractivity contribution >= 4 is 28.3 Å². The molecule has 4 heterocycles. The van der Waals surface area contributed by atoms with E-state index in [1.807, 2.05) is 11.0 Å². The van der Waals surface area contributed by atoms with Gasteiger partial charge in [-0.1, -0.05) is 29.8 Å². The maximum atomic E-state index is 12.7. The third-order valence-electron chi connectivity index (χ3n) is 9.18. The summed E-state index contributed by atoms with van der Waals surface area (Å²) in [6, 6.07) is 12.8. The van der Waals surface area contributed by atoms with E-state index >= 15 is 0 Å². The van der Waals surface area contributed by atoms with Crippen LogP contribution in [0.15, 0.2) is 41.8 Å². The van der Waals surface area contributed by atoms with Crippen LogP contribution < -0.4 is 9.64 Å². The lowest BCUT2D eigenvalue weighted by atomic mass is 9.97. The van der Waals surface area contributed by atoms with Crippen molar-refractivity contribution in [2.45, 2.75) is 46.3 Å². The van der Waals surface area contributed by atoms with Crippen molar-refractivity contribution < 1.29 is 24.2 Å². The Labute approximate surface area is 263 Å². The molecule has 44 heavy (non-hydrogen) atoms. The molecule has 3 fully saturated rings. The van der Waals surface area contributed by atoms with Crippen molar-refractivity contribution in [1.29, 1.82) is 0 Å². The van der Waals surface area contributed by atoms with Crippen LogP contribution >= 0.6 is 11.3 Å². The van der Waals surface area contributed by atoms with Gasteiger partial charge in [-0.2, -0.15) is 0 Å². The molecular weight excluding hydrogens is 576 g/mol. The van der Waals surface area contributed by atoms with Crippen molar-refractivity contribution in [3.63, 3.8) is 0 Å². The molecule has 9 nitrogen and oxygen atoms in total. The van der Waals surface area contributed by atoms with Gasteiger partial charge in [-0.3, -0.25) is 14.5 Å². The first kappa shape index (κ1) is 30.6. The zero-order chi connectivity index (χ0) is 30.6. The number of aromatic nitrogens is 1. The van der Waals surface area contributed by atoms with Crippen LogP contribution in [0.3, 0.4) is 0 Å².